The summed E-state index contributed by atoms with van der Waals surface area (Å²) in [6, 6.07) is 10.1. The van der Waals surface area contributed by atoms with Crippen LogP contribution in [0.1, 0.15) is 23.6 Å². The van der Waals surface area contributed by atoms with E-state index in [1.807, 2.05) is 30.5 Å². The largest absolute Gasteiger partial charge is 0.355 e. The number of nitrogens with zero attached hydrogens (tertiary/aromatic N) is 2. The van der Waals surface area contributed by atoms with Crippen molar-refractivity contribution in [3.63, 3.8) is 0 Å². The molecule has 2 rings (SSSR count). The van der Waals surface area contributed by atoms with Crippen molar-refractivity contribution < 1.29 is 0 Å². The van der Waals surface area contributed by atoms with Crippen molar-refractivity contribution in [3.8, 4) is 0 Å². The SMILES string of the molecule is CCNCc1cnc(N(C)Cc2ccc(Cl)cc2)c(C)c1. The van der Waals surface area contributed by atoms with Crippen LogP contribution in [-0.4, -0.2) is 18.6 Å². The molecule has 0 atom stereocenters. The Bertz CT molecular complexity index is 581. The molecular weight excluding hydrogens is 282 g/mol. The van der Waals surface area contributed by atoms with Crippen molar-refractivity contribution >= 4 is 17.4 Å². The number of pyridine rings is 1. The van der Waals surface area contributed by atoms with E-state index < -0.39 is 0 Å². The zero-order valence-electron chi connectivity index (χ0n) is 12.9. The lowest BCUT2D eigenvalue weighted by Crippen LogP contribution is -2.19. The van der Waals surface area contributed by atoms with Crippen molar-refractivity contribution in [2.45, 2.75) is 26.9 Å². The standard InChI is InChI=1S/C17H22ClN3/c1-4-19-10-15-9-13(2)17(20-11-15)21(3)12-14-5-7-16(18)8-6-14/h5-9,11,19H,4,10,12H2,1-3H3. The van der Waals surface area contributed by atoms with Crippen LogP contribution in [0, 0.1) is 6.92 Å². The van der Waals surface area contributed by atoms with Gasteiger partial charge in [0, 0.05) is 31.4 Å². The lowest BCUT2D eigenvalue weighted by Gasteiger charge is -2.21. The number of hydrogen-bond acceptors (Lipinski definition) is 3. The second-order valence-electron chi connectivity index (χ2n) is 5.25. The topological polar surface area (TPSA) is 28.2 Å². The van der Waals surface area contributed by atoms with Gasteiger partial charge in [-0.3, -0.25) is 0 Å². The van der Waals surface area contributed by atoms with Crippen LogP contribution in [0.5, 0.6) is 0 Å². The summed E-state index contributed by atoms with van der Waals surface area (Å²) < 4.78 is 0. The molecule has 1 N–H and O–H groups in total. The van der Waals surface area contributed by atoms with E-state index in [4.69, 9.17) is 11.6 Å². The lowest BCUT2D eigenvalue weighted by atomic mass is 10.1. The summed E-state index contributed by atoms with van der Waals surface area (Å²) in [6.45, 7) is 6.87. The van der Waals surface area contributed by atoms with Gasteiger partial charge in [0.2, 0.25) is 0 Å². The molecule has 0 unspecified atom stereocenters. The van der Waals surface area contributed by atoms with E-state index in [1.165, 1.54) is 16.7 Å². The van der Waals surface area contributed by atoms with Gasteiger partial charge in [0.05, 0.1) is 0 Å². The molecular formula is C17H22ClN3. The molecule has 0 saturated heterocycles. The maximum atomic E-state index is 5.92. The fraction of sp³-hybridized carbons (Fsp3) is 0.353. The summed E-state index contributed by atoms with van der Waals surface area (Å²) in [6.07, 6.45) is 1.95. The Hall–Kier alpha value is -1.58. The average Bonchev–Trinajstić information content (AvgIpc) is 2.47. The quantitative estimate of drug-likeness (QED) is 0.880. The van der Waals surface area contributed by atoms with Crippen LogP contribution < -0.4 is 10.2 Å². The fourth-order valence-electron chi connectivity index (χ4n) is 2.33. The molecule has 0 aliphatic rings. The predicted molar refractivity (Wildman–Crippen MR) is 89.9 cm³/mol. The first-order valence-electron chi connectivity index (χ1n) is 7.22. The molecule has 1 aromatic carbocycles. The van der Waals surface area contributed by atoms with Gasteiger partial charge in [0.15, 0.2) is 0 Å². The molecule has 3 nitrogen and oxygen atoms in total. The summed E-state index contributed by atoms with van der Waals surface area (Å²) in [5.74, 6) is 1.02. The van der Waals surface area contributed by atoms with E-state index >= 15 is 0 Å². The summed E-state index contributed by atoms with van der Waals surface area (Å²) in [4.78, 5) is 6.77. The van der Waals surface area contributed by atoms with Crippen molar-refractivity contribution in [1.29, 1.82) is 0 Å². The minimum atomic E-state index is 0.767. The first kappa shape index (κ1) is 15.8. The second-order valence-corrected chi connectivity index (χ2v) is 5.68. The first-order valence-corrected chi connectivity index (χ1v) is 7.59. The third-order valence-electron chi connectivity index (χ3n) is 3.38. The molecule has 0 saturated carbocycles. The van der Waals surface area contributed by atoms with Gasteiger partial charge in [0.1, 0.15) is 5.82 Å². The highest BCUT2D eigenvalue weighted by Gasteiger charge is 2.08. The number of halogens is 1. The van der Waals surface area contributed by atoms with Gasteiger partial charge < -0.3 is 10.2 Å². The van der Waals surface area contributed by atoms with Crippen LogP contribution in [0.25, 0.3) is 0 Å². The number of aromatic nitrogens is 1. The molecule has 21 heavy (non-hydrogen) atoms. The highest BCUT2D eigenvalue weighted by atomic mass is 35.5. The van der Waals surface area contributed by atoms with Crippen LogP contribution in [0.15, 0.2) is 36.5 Å². The summed E-state index contributed by atoms with van der Waals surface area (Å²) in [7, 11) is 2.06. The van der Waals surface area contributed by atoms with Crippen LogP contribution in [-0.2, 0) is 13.1 Å². The van der Waals surface area contributed by atoms with E-state index in [0.717, 1.165) is 30.5 Å². The zero-order chi connectivity index (χ0) is 15.2. The van der Waals surface area contributed by atoms with Gasteiger partial charge >= 0.3 is 0 Å². The van der Waals surface area contributed by atoms with E-state index in [-0.39, 0.29) is 0 Å². The number of nitrogens with one attached hydrogen (secondary N) is 1. The molecule has 0 spiro atoms. The molecule has 1 aromatic heterocycles. The first-order chi connectivity index (χ1) is 10.1. The zero-order valence-corrected chi connectivity index (χ0v) is 13.6. The number of rotatable bonds is 6. The minimum Gasteiger partial charge on any atom is -0.355 e. The maximum Gasteiger partial charge on any atom is 0.131 e. The molecule has 0 amide bonds. The summed E-state index contributed by atoms with van der Waals surface area (Å²) >= 11 is 5.92. The van der Waals surface area contributed by atoms with Crippen molar-refractivity contribution in [3.05, 3.63) is 58.2 Å². The van der Waals surface area contributed by atoms with Gasteiger partial charge in [-0.05, 0) is 48.4 Å². The van der Waals surface area contributed by atoms with Crippen LogP contribution in [0.4, 0.5) is 5.82 Å². The fourth-order valence-corrected chi connectivity index (χ4v) is 2.46. The molecule has 0 aliphatic carbocycles. The second kappa shape index (κ2) is 7.43. The molecule has 0 radical (unpaired) electrons. The Kier molecular flexibility index (Phi) is 5.59. The highest BCUT2D eigenvalue weighted by molar-refractivity contribution is 6.30. The number of aryl methyl sites for hydroxylation is 1. The minimum absolute atomic E-state index is 0.767. The summed E-state index contributed by atoms with van der Waals surface area (Å²) in [5.41, 5.74) is 3.64. The van der Waals surface area contributed by atoms with Crippen LogP contribution >= 0.6 is 11.6 Å². The molecule has 1 heterocycles. The molecule has 0 fully saturated rings. The number of anilines is 1. The third-order valence-corrected chi connectivity index (χ3v) is 3.63. The molecule has 4 heteroatoms. The van der Waals surface area contributed by atoms with Crippen molar-refractivity contribution in [1.82, 2.24) is 10.3 Å². The number of benzene rings is 1. The molecule has 2 aromatic rings. The average molecular weight is 304 g/mol. The Morgan fingerprint density at radius 1 is 1.19 bits per heavy atom. The van der Waals surface area contributed by atoms with Crippen LogP contribution in [0.3, 0.4) is 0 Å². The van der Waals surface area contributed by atoms with Gasteiger partial charge in [-0.2, -0.15) is 0 Å². The van der Waals surface area contributed by atoms with E-state index in [9.17, 15) is 0 Å². The van der Waals surface area contributed by atoms with Gasteiger partial charge in [-0.25, -0.2) is 4.98 Å². The normalized spacial score (nSPS) is 10.7. The smallest absolute Gasteiger partial charge is 0.131 e. The van der Waals surface area contributed by atoms with E-state index in [1.54, 1.807) is 0 Å². The van der Waals surface area contributed by atoms with Gasteiger partial charge in [-0.15, -0.1) is 0 Å². The monoisotopic (exact) mass is 303 g/mol. The Morgan fingerprint density at radius 3 is 2.52 bits per heavy atom. The van der Waals surface area contributed by atoms with Gasteiger partial charge in [-0.1, -0.05) is 30.7 Å². The van der Waals surface area contributed by atoms with Crippen LogP contribution in [0.2, 0.25) is 5.02 Å². The lowest BCUT2D eigenvalue weighted by molar-refractivity contribution is 0.723. The van der Waals surface area contributed by atoms with E-state index in [0.29, 0.717) is 0 Å². The van der Waals surface area contributed by atoms with E-state index in [2.05, 4.69) is 42.2 Å². The highest BCUT2D eigenvalue weighted by Crippen LogP contribution is 2.19. The molecule has 0 bridgehead atoms. The predicted octanol–water partition coefficient (Wildman–Crippen LogP) is 3.79. The van der Waals surface area contributed by atoms with Crippen molar-refractivity contribution in [2.24, 2.45) is 0 Å². The third kappa shape index (κ3) is 4.45. The molecule has 112 valence electrons. The summed E-state index contributed by atoms with van der Waals surface area (Å²) in [5, 5.41) is 4.09. The van der Waals surface area contributed by atoms with Gasteiger partial charge in [0.25, 0.3) is 0 Å². The Balaban J connectivity index is 2.08. The molecule has 0 aliphatic heterocycles. The Morgan fingerprint density at radius 2 is 1.90 bits per heavy atom. The maximum absolute atomic E-state index is 5.92. The Labute approximate surface area is 132 Å². The number of hydrogen-bond donors (Lipinski definition) is 1. The van der Waals surface area contributed by atoms with Crippen molar-refractivity contribution in [2.75, 3.05) is 18.5 Å².